The van der Waals surface area contributed by atoms with Crippen LogP contribution in [0.5, 0.6) is 0 Å². The Hall–Kier alpha value is -3.93. The van der Waals surface area contributed by atoms with Crippen molar-refractivity contribution in [3.05, 3.63) is 104 Å². The standard InChI is InChI=1S/C22H18N6/c1-3-8-18(9-4-1)20-12-16-27(24-20)22(26-15-7-14-23-26)28-17-13-21(25-28)19-10-5-2-6-11-19/h1-17,22H. The van der Waals surface area contributed by atoms with Crippen LogP contribution in [0.4, 0.5) is 0 Å². The maximum absolute atomic E-state index is 4.79. The largest absolute Gasteiger partial charge is 0.238 e. The van der Waals surface area contributed by atoms with Crippen molar-refractivity contribution in [2.75, 3.05) is 0 Å². The van der Waals surface area contributed by atoms with Crippen molar-refractivity contribution in [2.45, 2.75) is 6.29 Å². The summed E-state index contributed by atoms with van der Waals surface area (Å²) in [7, 11) is 0. The van der Waals surface area contributed by atoms with Gasteiger partial charge in [0.25, 0.3) is 0 Å². The quantitative estimate of drug-likeness (QED) is 0.469. The molecule has 0 spiro atoms. The first-order valence-electron chi connectivity index (χ1n) is 9.09. The van der Waals surface area contributed by atoms with Gasteiger partial charge in [0, 0.05) is 35.9 Å². The third kappa shape index (κ3) is 3.01. The first-order chi connectivity index (χ1) is 13.9. The van der Waals surface area contributed by atoms with Gasteiger partial charge in [-0.15, -0.1) is 0 Å². The smallest absolute Gasteiger partial charge is 0.227 e. The zero-order chi connectivity index (χ0) is 18.8. The molecule has 0 radical (unpaired) electrons. The molecule has 0 aliphatic carbocycles. The summed E-state index contributed by atoms with van der Waals surface area (Å²) >= 11 is 0. The second-order valence-corrected chi connectivity index (χ2v) is 6.43. The van der Waals surface area contributed by atoms with Gasteiger partial charge in [0.05, 0.1) is 11.4 Å². The van der Waals surface area contributed by atoms with Crippen molar-refractivity contribution in [3.63, 3.8) is 0 Å². The van der Waals surface area contributed by atoms with Crippen LogP contribution >= 0.6 is 0 Å². The van der Waals surface area contributed by atoms with Crippen LogP contribution in [0.15, 0.2) is 104 Å². The summed E-state index contributed by atoms with van der Waals surface area (Å²) in [6.07, 6.45) is 7.26. The zero-order valence-corrected chi connectivity index (χ0v) is 15.1. The highest BCUT2D eigenvalue weighted by molar-refractivity contribution is 5.58. The lowest BCUT2D eigenvalue weighted by Crippen LogP contribution is -2.27. The second-order valence-electron chi connectivity index (χ2n) is 6.43. The molecule has 0 bridgehead atoms. The molecule has 0 fully saturated rings. The van der Waals surface area contributed by atoms with Gasteiger partial charge in [0.2, 0.25) is 6.29 Å². The topological polar surface area (TPSA) is 53.5 Å². The van der Waals surface area contributed by atoms with Crippen LogP contribution in [-0.2, 0) is 0 Å². The fourth-order valence-electron chi connectivity index (χ4n) is 3.24. The summed E-state index contributed by atoms with van der Waals surface area (Å²) in [5, 5.41) is 14.0. The van der Waals surface area contributed by atoms with E-state index in [4.69, 9.17) is 10.2 Å². The van der Waals surface area contributed by atoms with Gasteiger partial charge in [-0.2, -0.15) is 15.3 Å². The zero-order valence-electron chi connectivity index (χ0n) is 15.1. The van der Waals surface area contributed by atoms with Crippen LogP contribution in [0.1, 0.15) is 6.29 Å². The van der Waals surface area contributed by atoms with Crippen molar-refractivity contribution in [1.82, 2.24) is 29.3 Å². The fraction of sp³-hybridized carbons (Fsp3) is 0.0455. The third-order valence-electron chi connectivity index (χ3n) is 4.59. The van der Waals surface area contributed by atoms with Gasteiger partial charge in [-0.05, 0) is 18.2 Å². The predicted octanol–water partition coefficient (Wildman–Crippen LogP) is 4.16. The molecule has 0 N–H and O–H groups in total. The molecular formula is C22H18N6. The summed E-state index contributed by atoms with van der Waals surface area (Å²) in [5.74, 6) is 0. The molecule has 0 aliphatic heterocycles. The highest BCUT2D eigenvalue weighted by Gasteiger charge is 2.19. The van der Waals surface area contributed by atoms with Crippen molar-refractivity contribution in [1.29, 1.82) is 0 Å². The molecule has 0 saturated carbocycles. The van der Waals surface area contributed by atoms with Gasteiger partial charge in [-0.1, -0.05) is 60.7 Å². The highest BCUT2D eigenvalue weighted by atomic mass is 15.6. The van der Waals surface area contributed by atoms with Gasteiger partial charge < -0.3 is 0 Å². The van der Waals surface area contributed by atoms with Crippen LogP contribution in [0, 0.1) is 0 Å². The molecule has 0 aliphatic rings. The third-order valence-corrected chi connectivity index (χ3v) is 4.59. The van der Waals surface area contributed by atoms with Crippen molar-refractivity contribution >= 4 is 0 Å². The van der Waals surface area contributed by atoms with Gasteiger partial charge >= 0.3 is 0 Å². The molecule has 136 valence electrons. The van der Waals surface area contributed by atoms with E-state index in [9.17, 15) is 0 Å². The Kier molecular flexibility index (Phi) is 4.06. The first-order valence-corrected chi connectivity index (χ1v) is 9.09. The Labute approximate surface area is 162 Å². The van der Waals surface area contributed by atoms with E-state index in [-0.39, 0.29) is 6.29 Å². The van der Waals surface area contributed by atoms with Gasteiger partial charge in [-0.3, -0.25) is 0 Å². The van der Waals surface area contributed by atoms with E-state index in [1.807, 2.05) is 87.2 Å². The number of hydrogen-bond donors (Lipinski definition) is 0. The minimum atomic E-state index is -0.329. The SMILES string of the molecule is c1ccc(-c2ccn(C(n3cccn3)n3ccc(-c4ccccc4)n3)n2)cc1. The van der Waals surface area contributed by atoms with Gasteiger partial charge in [0.15, 0.2) is 0 Å². The average Bonchev–Trinajstić information content (AvgIpc) is 3.53. The molecule has 5 rings (SSSR count). The lowest BCUT2D eigenvalue weighted by atomic mass is 10.2. The Bertz CT molecular complexity index is 1080. The van der Waals surface area contributed by atoms with E-state index in [1.54, 1.807) is 6.20 Å². The maximum atomic E-state index is 4.79. The minimum absolute atomic E-state index is 0.329. The van der Waals surface area contributed by atoms with E-state index in [1.165, 1.54) is 0 Å². The second kappa shape index (κ2) is 7.00. The number of hydrogen-bond acceptors (Lipinski definition) is 3. The lowest BCUT2D eigenvalue weighted by molar-refractivity contribution is 0.285. The summed E-state index contributed by atoms with van der Waals surface area (Å²) in [4.78, 5) is 0. The lowest BCUT2D eigenvalue weighted by Gasteiger charge is -2.18. The molecule has 3 aromatic heterocycles. The van der Waals surface area contributed by atoms with Crippen LogP contribution < -0.4 is 0 Å². The summed E-state index contributed by atoms with van der Waals surface area (Å²) < 4.78 is 5.58. The summed E-state index contributed by atoms with van der Waals surface area (Å²) in [5.41, 5.74) is 3.97. The number of rotatable bonds is 5. The number of nitrogens with zero attached hydrogens (tertiary/aromatic N) is 6. The molecule has 0 amide bonds. The van der Waals surface area contributed by atoms with Crippen LogP contribution in [0.2, 0.25) is 0 Å². The van der Waals surface area contributed by atoms with Crippen LogP contribution in [0.25, 0.3) is 22.5 Å². The molecule has 0 atom stereocenters. The fourth-order valence-corrected chi connectivity index (χ4v) is 3.24. The summed E-state index contributed by atoms with van der Waals surface area (Å²) in [6.45, 7) is 0. The van der Waals surface area contributed by atoms with Gasteiger partial charge in [-0.25, -0.2) is 14.0 Å². The Morgan fingerprint density at radius 2 is 1.07 bits per heavy atom. The normalized spacial score (nSPS) is 11.2. The highest BCUT2D eigenvalue weighted by Crippen LogP contribution is 2.21. The molecule has 3 heterocycles. The maximum Gasteiger partial charge on any atom is 0.238 e. The van der Waals surface area contributed by atoms with E-state index in [2.05, 4.69) is 29.4 Å². The molecule has 0 saturated heterocycles. The van der Waals surface area contributed by atoms with Crippen LogP contribution in [0.3, 0.4) is 0 Å². The monoisotopic (exact) mass is 366 g/mol. The molecule has 0 unspecified atom stereocenters. The molecular weight excluding hydrogens is 348 g/mol. The van der Waals surface area contributed by atoms with E-state index < -0.39 is 0 Å². The van der Waals surface area contributed by atoms with Crippen molar-refractivity contribution in [2.24, 2.45) is 0 Å². The van der Waals surface area contributed by atoms with E-state index in [0.717, 1.165) is 22.5 Å². The molecule has 6 nitrogen and oxygen atoms in total. The minimum Gasteiger partial charge on any atom is -0.227 e. The molecule has 28 heavy (non-hydrogen) atoms. The summed E-state index contributed by atoms with van der Waals surface area (Å²) in [6, 6.07) is 26.2. The number of aromatic nitrogens is 6. The predicted molar refractivity (Wildman–Crippen MR) is 107 cm³/mol. The molecule has 2 aromatic carbocycles. The Morgan fingerprint density at radius 3 is 1.54 bits per heavy atom. The Balaban J connectivity index is 1.55. The average molecular weight is 366 g/mol. The van der Waals surface area contributed by atoms with Crippen LogP contribution in [-0.4, -0.2) is 29.3 Å². The van der Waals surface area contributed by atoms with E-state index >= 15 is 0 Å². The molecule has 5 aromatic rings. The van der Waals surface area contributed by atoms with Gasteiger partial charge in [0.1, 0.15) is 0 Å². The van der Waals surface area contributed by atoms with Crippen molar-refractivity contribution < 1.29 is 0 Å². The van der Waals surface area contributed by atoms with Crippen molar-refractivity contribution in [3.8, 4) is 22.5 Å². The number of benzene rings is 2. The molecule has 6 heteroatoms. The van der Waals surface area contributed by atoms with E-state index in [0.29, 0.717) is 0 Å². The first kappa shape index (κ1) is 16.3. The Morgan fingerprint density at radius 1 is 0.536 bits per heavy atom.